The Kier molecular flexibility index (Phi) is 7.52. The number of likely N-dealkylation sites (tertiary alicyclic amines) is 1. The van der Waals surface area contributed by atoms with Crippen molar-refractivity contribution < 1.29 is 14.7 Å². The van der Waals surface area contributed by atoms with E-state index >= 15 is 0 Å². The van der Waals surface area contributed by atoms with E-state index in [1.165, 1.54) is 38.8 Å². The Labute approximate surface area is 211 Å². The van der Waals surface area contributed by atoms with Crippen LogP contribution in [0, 0.1) is 22.7 Å². The average molecular weight is 488 g/mol. The maximum absolute atomic E-state index is 9.72. The van der Waals surface area contributed by atoms with Gasteiger partial charge in [0.1, 0.15) is 17.6 Å². The van der Waals surface area contributed by atoms with Gasteiger partial charge in [0.25, 0.3) is 0 Å². The second-order valence-electron chi connectivity index (χ2n) is 9.75. The number of hydrogen-bond donors (Lipinski definition) is 4. The number of nitriles is 1. The third-order valence-electron chi connectivity index (χ3n) is 7.07. The van der Waals surface area contributed by atoms with Crippen LogP contribution in [0.4, 0.5) is 5.82 Å². The molecule has 0 bridgehead atoms. The minimum Gasteiger partial charge on any atom is -0.492 e. The largest absolute Gasteiger partial charge is 0.492 e. The predicted molar refractivity (Wildman–Crippen MR) is 139 cm³/mol. The van der Waals surface area contributed by atoms with E-state index in [0.717, 1.165) is 30.8 Å². The Morgan fingerprint density at radius 1 is 1.25 bits per heavy atom. The van der Waals surface area contributed by atoms with Crippen molar-refractivity contribution in [1.29, 1.82) is 10.7 Å². The Balaban J connectivity index is 1.24. The summed E-state index contributed by atoms with van der Waals surface area (Å²) in [4.78, 5) is 5.61. The third kappa shape index (κ3) is 5.71. The normalized spacial score (nSPS) is 19.7. The number of H-pyrrole nitrogens is 1. The smallest absolute Gasteiger partial charge is 0.137 e. The van der Waals surface area contributed by atoms with Crippen LogP contribution in [0.1, 0.15) is 54.5 Å². The number of aromatic amines is 1. The lowest BCUT2D eigenvalue weighted by Gasteiger charge is -2.19. The van der Waals surface area contributed by atoms with E-state index in [-0.39, 0.29) is 11.8 Å². The number of benzene rings is 1. The van der Waals surface area contributed by atoms with Crippen molar-refractivity contribution in [2.24, 2.45) is 5.92 Å². The summed E-state index contributed by atoms with van der Waals surface area (Å²) in [5.41, 5.74) is 5.65. The number of aromatic nitrogens is 1. The molecule has 5 rings (SSSR count). The van der Waals surface area contributed by atoms with E-state index in [1.54, 1.807) is 18.2 Å². The van der Waals surface area contributed by atoms with E-state index in [9.17, 15) is 10.5 Å². The fraction of sp³-hybridized carbons (Fsp3) is 0.429. The van der Waals surface area contributed by atoms with E-state index in [2.05, 4.69) is 33.6 Å². The van der Waals surface area contributed by atoms with Crippen LogP contribution < -0.4 is 10.2 Å². The number of hydrogen-bond acceptors (Lipinski definition) is 7. The van der Waals surface area contributed by atoms with Crippen molar-refractivity contribution in [3.05, 3.63) is 64.9 Å². The number of nitrogens with zero attached hydrogens (tertiary/aromatic N) is 2. The average Bonchev–Trinajstić information content (AvgIpc) is 3.41. The molecular weight excluding hydrogens is 454 g/mol. The van der Waals surface area contributed by atoms with Gasteiger partial charge >= 0.3 is 0 Å². The molecule has 188 valence electrons. The zero-order valence-electron chi connectivity index (χ0n) is 20.4. The lowest BCUT2D eigenvalue weighted by Crippen LogP contribution is -2.26. The Morgan fingerprint density at radius 3 is 2.78 bits per heavy atom. The summed E-state index contributed by atoms with van der Waals surface area (Å²) in [6, 6.07) is 9.22. The maximum Gasteiger partial charge on any atom is 0.137 e. The highest BCUT2D eigenvalue weighted by Crippen LogP contribution is 2.32. The van der Waals surface area contributed by atoms with Gasteiger partial charge in [-0.2, -0.15) is 5.26 Å². The van der Waals surface area contributed by atoms with Gasteiger partial charge in [0.05, 0.1) is 30.6 Å². The van der Waals surface area contributed by atoms with Crippen molar-refractivity contribution in [2.75, 3.05) is 38.3 Å². The Morgan fingerprint density at radius 2 is 2.08 bits per heavy atom. The van der Waals surface area contributed by atoms with Crippen LogP contribution >= 0.6 is 0 Å². The quantitative estimate of drug-likeness (QED) is 0.269. The van der Waals surface area contributed by atoms with Crippen LogP contribution in [0.5, 0.6) is 5.75 Å². The van der Waals surface area contributed by atoms with E-state index in [0.29, 0.717) is 40.8 Å². The summed E-state index contributed by atoms with van der Waals surface area (Å²) in [5, 5.41) is 28.1. The lowest BCUT2D eigenvalue weighted by molar-refractivity contribution is 0.0704. The summed E-state index contributed by atoms with van der Waals surface area (Å²) in [6.07, 6.45) is 12.0. The first-order valence-corrected chi connectivity index (χ1v) is 12.8. The topological polar surface area (TPSA) is 117 Å². The summed E-state index contributed by atoms with van der Waals surface area (Å²) in [5.74, 6) is 1.47. The molecule has 3 aliphatic rings. The number of rotatable bonds is 11. The first kappa shape index (κ1) is 24.3. The van der Waals surface area contributed by atoms with Crippen LogP contribution in [-0.2, 0) is 4.74 Å². The Hall–Kier alpha value is -3.38. The van der Waals surface area contributed by atoms with E-state index in [1.807, 2.05) is 12.1 Å². The zero-order valence-corrected chi connectivity index (χ0v) is 20.4. The van der Waals surface area contributed by atoms with E-state index in [4.69, 9.17) is 14.9 Å². The number of nitrogens with one attached hydrogen (secondary N) is 3. The lowest BCUT2D eigenvalue weighted by atomic mass is 9.99. The van der Waals surface area contributed by atoms with Crippen molar-refractivity contribution >= 4 is 17.1 Å². The van der Waals surface area contributed by atoms with Crippen LogP contribution in [0.25, 0.3) is 5.57 Å². The van der Waals surface area contributed by atoms with Gasteiger partial charge < -0.3 is 19.4 Å². The number of ether oxygens (including phenoxy) is 2. The molecule has 2 heterocycles. The maximum atomic E-state index is 9.72. The highest BCUT2D eigenvalue weighted by molar-refractivity contribution is 6.14. The molecule has 1 saturated carbocycles. The molecule has 1 aromatic heterocycles. The summed E-state index contributed by atoms with van der Waals surface area (Å²) >= 11 is 0. The summed E-state index contributed by atoms with van der Waals surface area (Å²) in [6.45, 7) is 4.69. The highest BCUT2D eigenvalue weighted by atomic mass is 16.5. The number of allylic oxidation sites excluding steroid dienone is 2. The fourth-order valence-corrected chi connectivity index (χ4v) is 4.71. The molecule has 2 aliphatic carbocycles. The van der Waals surface area contributed by atoms with Crippen molar-refractivity contribution in [3.63, 3.8) is 0 Å². The monoisotopic (exact) mass is 487 g/mol. The molecule has 1 aliphatic heterocycles. The molecule has 8 nitrogen and oxygen atoms in total. The van der Waals surface area contributed by atoms with Gasteiger partial charge in [0, 0.05) is 23.4 Å². The van der Waals surface area contributed by atoms with Gasteiger partial charge in [-0.25, -0.2) is 0 Å². The number of anilines is 1. The molecule has 0 amide bonds. The van der Waals surface area contributed by atoms with Crippen molar-refractivity contribution in [1.82, 2.24) is 9.88 Å². The molecule has 4 N–H and O–H groups in total. The van der Waals surface area contributed by atoms with Gasteiger partial charge in [-0.3, -0.25) is 16.1 Å². The van der Waals surface area contributed by atoms with Gasteiger partial charge in [0.2, 0.25) is 0 Å². The van der Waals surface area contributed by atoms with Gasteiger partial charge in [0.15, 0.2) is 0 Å². The summed E-state index contributed by atoms with van der Waals surface area (Å²) < 4.78 is 11.8. The van der Waals surface area contributed by atoms with Crippen LogP contribution in [0.3, 0.4) is 0 Å². The molecule has 36 heavy (non-hydrogen) atoms. The first-order chi connectivity index (χ1) is 17.6. The van der Waals surface area contributed by atoms with Gasteiger partial charge in [-0.05, 0) is 81.0 Å². The fourth-order valence-electron chi connectivity index (χ4n) is 4.71. The molecule has 8 heteroatoms. The molecular formula is C28H33N5O3. The van der Waals surface area contributed by atoms with Crippen LogP contribution in [-0.4, -0.2) is 59.8 Å². The summed E-state index contributed by atoms with van der Waals surface area (Å²) in [7, 11) is 0. The third-order valence-corrected chi connectivity index (χ3v) is 7.07. The molecule has 2 aromatic rings. The van der Waals surface area contributed by atoms with Crippen LogP contribution in [0.2, 0.25) is 0 Å². The molecule has 0 radical (unpaired) electrons. The van der Waals surface area contributed by atoms with Crippen molar-refractivity contribution in [2.45, 2.75) is 38.2 Å². The molecule has 2 fully saturated rings. The van der Waals surface area contributed by atoms with E-state index < -0.39 is 0 Å². The SMILES string of the molecule is N#Cc1cc(C(=N)c2cc(C3=CCC(OCCN4CCCC4)C=C3)[nH]c2NO)ccc1OCC1CC1. The molecule has 1 unspecified atom stereocenters. The van der Waals surface area contributed by atoms with Crippen LogP contribution in [0.15, 0.2) is 42.5 Å². The van der Waals surface area contributed by atoms with Crippen molar-refractivity contribution in [3.8, 4) is 11.8 Å². The second kappa shape index (κ2) is 11.1. The van der Waals surface area contributed by atoms with Gasteiger partial charge in [-0.1, -0.05) is 18.2 Å². The second-order valence-corrected chi connectivity index (χ2v) is 9.75. The zero-order chi connectivity index (χ0) is 24.9. The highest BCUT2D eigenvalue weighted by Gasteiger charge is 2.23. The molecule has 1 aromatic carbocycles. The molecule has 1 saturated heterocycles. The molecule has 0 spiro atoms. The minimum absolute atomic E-state index is 0.0598. The Bertz CT molecular complexity index is 1200. The first-order valence-electron chi connectivity index (χ1n) is 12.8. The molecule has 1 atom stereocenters. The minimum atomic E-state index is 0.0598. The standard InChI is InChI=1S/C28H33N5O3/c29-17-22-15-21(7-10-26(22)36-18-19-3-4-19)27(30)24-16-25(31-28(24)32-34)20-5-8-23(9-6-20)35-14-13-33-11-1-2-12-33/h5-8,10,15-16,19,23,30-32,34H,1-4,9,11-14,18H2. The van der Waals surface area contributed by atoms with Gasteiger partial charge in [-0.15, -0.1) is 0 Å². The predicted octanol–water partition coefficient (Wildman–Crippen LogP) is 4.72.